The normalized spacial score (nSPS) is 15.4. The molecule has 1 fully saturated rings. The quantitative estimate of drug-likeness (QED) is 0.726. The lowest BCUT2D eigenvalue weighted by Crippen LogP contribution is -2.49. The summed E-state index contributed by atoms with van der Waals surface area (Å²) < 4.78 is 0. The molecule has 0 aromatic heterocycles. The first-order valence-electron chi connectivity index (χ1n) is 9.35. The van der Waals surface area contributed by atoms with Crippen molar-refractivity contribution in [2.45, 2.75) is 58.0 Å². The van der Waals surface area contributed by atoms with Gasteiger partial charge in [-0.2, -0.15) is 0 Å². The number of amides is 2. The fourth-order valence-corrected chi connectivity index (χ4v) is 3.31. The van der Waals surface area contributed by atoms with Crippen LogP contribution in [-0.4, -0.2) is 41.9 Å². The summed E-state index contributed by atoms with van der Waals surface area (Å²) in [5.41, 5.74) is 7.07. The monoisotopic (exact) mass is 381 g/mol. The molecule has 0 spiro atoms. The fraction of sp³-hybridized carbons (Fsp3) is 0.600. The maximum absolute atomic E-state index is 12.7. The van der Waals surface area contributed by atoms with E-state index in [-0.39, 0.29) is 36.7 Å². The van der Waals surface area contributed by atoms with Gasteiger partial charge < -0.3 is 16.0 Å². The van der Waals surface area contributed by atoms with Gasteiger partial charge in [0.2, 0.25) is 11.8 Å². The number of carbonyl (C=O) groups excluding carboxylic acids is 2. The molecule has 1 aromatic rings. The molecule has 2 amide bonds. The van der Waals surface area contributed by atoms with Gasteiger partial charge in [0.25, 0.3) is 0 Å². The van der Waals surface area contributed by atoms with Crippen LogP contribution in [0.15, 0.2) is 30.3 Å². The molecule has 1 aliphatic rings. The molecule has 5 nitrogen and oxygen atoms in total. The highest BCUT2D eigenvalue weighted by Crippen LogP contribution is 2.23. The summed E-state index contributed by atoms with van der Waals surface area (Å²) in [4.78, 5) is 26.7. The molecular formula is C20H32ClN3O2. The molecule has 0 aliphatic heterocycles. The molecule has 26 heavy (non-hydrogen) atoms. The SMILES string of the molecule is CC(C)[C@H](N)C(=O)NCC(=O)N(CCc1ccccc1)C1CCCC1.Cl. The lowest BCUT2D eigenvalue weighted by Gasteiger charge is -2.29. The van der Waals surface area contributed by atoms with E-state index < -0.39 is 6.04 Å². The smallest absolute Gasteiger partial charge is 0.242 e. The fourth-order valence-electron chi connectivity index (χ4n) is 3.31. The third-order valence-corrected chi connectivity index (χ3v) is 5.00. The Hall–Kier alpha value is -1.59. The minimum Gasteiger partial charge on any atom is -0.346 e. The van der Waals surface area contributed by atoms with E-state index in [0.29, 0.717) is 12.6 Å². The zero-order valence-corrected chi connectivity index (χ0v) is 16.6. The second-order valence-corrected chi connectivity index (χ2v) is 7.25. The van der Waals surface area contributed by atoms with Crippen LogP contribution in [0, 0.1) is 5.92 Å². The van der Waals surface area contributed by atoms with E-state index in [1.165, 1.54) is 18.4 Å². The minimum absolute atomic E-state index is 0. The molecule has 0 bridgehead atoms. The number of nitrogens with two attached hydrogens (primary N) is 1. The van der Waals surface area contributed by atoms with Gasteiger partial charge in [-0.25, -0.2) is 0 Å². The summed E-state index contributed by atoms with van der Waals surface area (Å²) in [6, 6.07) is 9.93. The number of rotatable bonds is 8. The molecule has 146 valence electrons. The summed E-state index contributed by atoms with van der Waals surface area (Å²) in [7, 11) is 0. The average molecular weight is 382 g/mol. The Kier molecular flexibility index (Phi) is 9.66. The van der Waals surface area contributed by atoms with Gasteiger partial charge in [0.1, 0.15) is 0 Å². The predicted molar refractivity (Wildman–Crippen MR) is 107 cm³/mol. The first-order valence-corrected chi connectivity index (χ1v) is 9.35. The first kappa shape index (κ1) is 22.5. The van der Waals surface area contributed by atoms with E-state index in [0.717, 1.165) is 19.3 Å². The van der Waals surface area contributed by atoms with Crippen molar-refractivity contribution in [3.05, 3.63) is 35.9 Å². The average Bonchev–Trinajstić information content (AvgIpc) is 3.14. The van der Waals surface area contributed by atoms with Gasteiger partial charge in [-0.05, 0) is 30.7 Å². The lowest BCUT2D eigenvalue weighted by atomic mass is 10.1. The predicted octanol–water partition coefficient (Wildman–Crippen LogP) is 2.52. The molecule has 3 N–H and O–H groups in total. The van der Waals surface area contributed by atoms with Crippen LogP contribution < -0.4 is 11.1 Å². The molecule has 1 atom stereocenters. The number of hydrogen-bond donors (Lipinski definition) is 2. The van der Waals surface area contributed by atoms with Crippen molar-refractivity contribution in [2.75, 3.05) is 13.1 Å². The van der Waals surface area contributed by atoms with Crippen LogP contribution in [0.25, 0.3) is 0 Å². The summed E-state index contributed by atoms with van der Waals surface area (Å²) >= 11 is 0. The summed E-state index contributed by atoms with van der Waals surface area (Å²) in [5.74, 6) is -0.205. The van der Waals surface area contributed by atoms with Crippen LogP contribution in [0.2, 0.25) is 0 Å². The largest absolute Gasteiger partial charge is 0.346 e. The summed E-state index contributed by atoms with van der Waals surface area (Å²) in [6.45, 7) is 4.53. The lowest BCUT2D eigenvalue weighted by molar-refractivity contribution is -0.135. The van der Waals surface area contributed by atoms with E-state index >= 15 is 0 Å². The molecule has 1 aliphatic carbocycles. The van der Waals surface area contributed by atoms with E-state index in [2.05, 4.69) is 17.4 Å². The van der Waals surface area contributed by atoms with Crippen LogP contribution >= 0.6 is 12.4 Å². The Morgan fingerprint density at radius 2 is 1.81 bits per heavy atom. The summed E-state index contributed by atoms with van der Waals surface area (Å²) in [6.07, 6.45) is 5.29. The number of nitrogens with zero attached hydrogens (tertiary/aromatic N) is 1. The molecule has 0 unspecified atom stereocenters. The van der Waals surface area contributed by atoms with Crippen molar-refractivity contribution in [3.8, 4) is 0 Å². The molecule has 2 rings (SSSR count). The third-order valence-electron chi connectivity index (χ3n) is 5.00. The van der Waals surface area contributed by atoms with Crippen molar-refractivity contribution in [1.82, 2.24) is 10.2 Å². The van der Waals surface area contributed by atoms with Crippen LogP contribution in [0.1, 0.15) is 45.1 Å². The zero-order valence-electron chi connectivity index (χ0n) is 15.8. The molecule has 1 saturated carbocycles. The third kappa shape index (κ3) is 6.61. The topological polar surface area (TPSA) is 75.4 Å². The molecular weight excluding hydrogens is 350 g/mol. The standard InChI is InChI=1S/C20H31N3O2.ClH/c1-15(2)19(21)20(25)22-14-18(24)23(17-10-6-7-11-17)13-12-16-8-4-3-5-9-16;/h3-5,8-9,15,17,19H,6-7,10-14,21H2,1-2H3,(H,22,25);1H/t19-;/m0./s1. The first-order chi connectivity index (χ1) is 12.0. The summed E-state index contributed by atoms with van der Waals surface area (Å²) in [5, 5.41) is 2.71. The van der Waals surface area contributed by atoms with Crippen molar-refractivity contribution in [3.63, 3.8) is 0 Å². The second-order valence-electron chi connectivity index (χ2n) is 7.25. The van der Waals surface area contributed by atoms with Crippen LogP contribution in [0.3, 0.4) is 0 Å². The van der Waals surface area contributed by atoms with Crippen LogP contribution in [0.4, 0.5) is 0 Å². The van der Waals surface area contributed by atoms with Gasteiger partial charge in [0.15, 0.2) is 0 Å². The van der Waals surface area contributed by atoms with Crippen LogP contribution in [0.5, 0.6) is 0 Å². The Labute approximate surface area is 163 Å². The van der Waals surface area contributed by atoms with Gasteiger partial charge in [0.05, 0.1) is 12.6 Å². The minimum atomic E-state index is -0.572. The van der Waals surface area contributed by atoms with E-state index in [9.17, 15) is 9.59 Å². The van der Waals surface area contributed by atoms with Crippen molar-refractivity contribution < 1.29 is 9.59 Å². The van der Waals surface area contributed by atoms with Gasteiger partial charge in [-0.1, -0.05) is 57.0 Å². The molecule has 0 saturated heterocycles. The second kappa shape index (κ2) is 11.2. The Morgan fingerprint density at radius 1 is 1.19 bits per heavy atom. The van der Waals surface area contributed by atoms with Gasteiger partial charge in [-0.3, -0.25) is 9.59 Å². The highest BCUT2D eigenvalue weighted by atomic mass is 35.5. The van der Waals surface area contributed by atoms with Crippen LogP contribution in [-0.2, 0) is 16.0 Å². The number of benzene rings is 1. The highest BCUT2D eigenvalue weighted by Gasteiger charge is 2.27. The maximum atomic E-state index is 12.7. The highest BCUT2D eigenvalue weighted by molar-refractivity contribution is 5.87. The van der Waals surface area contributed by atoms with Gasteiger partial charge in [-0.15, -0.1) is 12.4 Å². The number of halogens is 1. The number of hydrogen-bond acceptors (Lipinski definition) is 3. The van der Waals surface area contributed by atoms with Crippen molar-refractivity contribution in [1.29, 1.82) is 0 Å². The zero-order chi connectivity index (χ0) is 18.2. The van der Waals surface area contributed by atoms with Gasteiger partial charge in [0, 0.05) is 12.6 Å². The number of nitrogens with one attached hydrogen (secondary N) is 1. The Bertz CT molecular complexity index is 559. The molecule has 0 heterocycles. The van der Waals surface area contributed by atoms with Gasteiger partial charge >= 0.3 is 0 Å². The molecule has 1 aromatic carbocycles. The number of carbonyl (C=O) groups is 2. The van der Waals surface area contributed by atoms with E-state index in [1.807, 2.05) is 36.9 Å². The molecule has 6 heteroatoms. The maximum Gasteiger partial charge on any atom is 0.242 e. The van der Waals surface area contributed by atoms with Crippen molar-refractivity contribution >= 4 is 24.2 Å². The van der Waals surface area contributed by atoms with E-state index in [4.69, 9.17) is 5.73 Å². The Morgan fingerprint density at radius 3 is 2.38 bits per heavy atom. The molecule has 0 radical (unpaired) electrons. The van der Waals surface area contributed by atoms with E-state index in [1.54, 1.807) is 0 Å². The Balaban J connectivity index is 0.00000338. The van der Waals surface area contributed by atoms with Crippen molar-refractivity contribution in [2.24, 2.45) is 11.7 Å².